The molecule has 0 spiro atoms. The highest BCUT2D eigenvalue weighted by atomic mass is 16.5. The number of aryl methyl sites for hydroxylation is 2. The van der Waals surface area contributed by atoms with Crippen LogP contribution in [-0.2, 0) is 16.0 Å². The number of carbonyl (C=O) groups excluding carboxylic acids is 2. The fourth-order valence-electron chi connectivity index (χ4n) is 7.65. The van der Waals surface area contributed by atoms with Crippen molar-refractivity contribution in [3.05, 3.63) is 234 Å². The van der Waals surface area contributed by atoms with Gasteiger partial charge in [0.2, 0.25) is 0 Å². The molecule has 1 aromatic heterocycles. The highest BCUT2D eigenvalue weighted by molar-refractivity contribution is 6.11. The Balaban J connectivity index is 1.30. The minimum absolute atomic E-state index is 0.457. The Morgan fingerprint density at radius 2 is 0.967 bits per heavy atom. The number of carbonyl (C=O) groups is 2. The van der Waals surface area contributed by atoms with Gasteiger partial charge in [-0.3, -0.25) is 0 Å². The van der Waals surface area contributed by atoms with E-state index in [2.05, 4.69) is 123 Å². The number of rotatable bonds is 12. The molecule has 8 rings (SSSR count). The molecule has 8 aromatic rings. The first-order valence-electron chi connectivity index (χ1n) is 19.9. The number of benzene rings is 7. The van der Waals surface area contributed by atoms with E-state index in [1.807, 2.05) is 60.7 Å². The molecule has 0 atom stereocenters. The van der Waals surface area contributed by atoms with Gasteiger partial charge in [-0.2, -0.15) is 0 Å². The maximum Gasteiger partial charge on any atom is 0.335 e. The van der Waals surface area contributed by atoms with E-state index >= 15 is 0 Å². The van der Waals surface area contributed by atoms with Crippen molar-refractivity contribution in [2.75, 3.05) is 0 Å². The van der Waals surface area contributed by atoms with Gasteiger partial charge < -0.3 is 14.0 Å². The van der Waals surface area contributed by atoms with Crippen LogP contribution in [0.1, 0.15) is 51.4 Å². The van der Waals surface area contributed by atoms with Crippen LogP contribution in [0.15, 0.2) is 189 Å². The summed E-state index contributed by atoms with van der Waals surface area (Å²) in [7, 11) is 0. The zero-order valence-electron chi connectivity index (χ0n) is 33.6. The molecule has 0 amide bonds. The predicted octanol–water partition coefficient (Wildman–Crippen LogP) is 13.0. The molecule has 0 aliphatic rings. The van der Waals surface area contributed by atoms with Crippen LogP contribution in [0.5, 0.6) is 11.5 Å². The van der Waals surface area contributed by atoms with E-state index in [1.54, 1.807) is 24.3 Å². The first kappa shape index (κ1) is 39.1. The summed E-state index contributed by atoms with van der Waals surface area (Å²) in [6.45, 7) is 11.4. The summed E-state index contributed by atoms with van der Waals surface area (Å²) in [5.74, 6) is -0.0798. The molecular weight excluding hydrogens is 739 g/mol. The van der Waals surface area contributed by atoms with Gasteiger partial charge in [0.15, 0.2) is 0 Å². The topological polar surface area (TPSA) is 57.5 Å². The van der Waals surface area contributed by atoms with E-state index in [9.17, 15) is 9.59 Å². The van der Waals surface area contributed by atoms with Crippen LogP contribution in [0.25, 0.3) is 50.8 Å². The molecule has 5 heteroatoms. The van der Waals surface area contributed by atoms with Gasteiger partial charge in [-0.15, -0.1) is 0 Å². The van der Waals surface area contributed by atoms with E-state index in [-0.39, 0.29) is 0 Å². The van der Waals surface area contributed by atoms with E-state index < -0.39 is 11.9 Å². The molecule has 5 nitrogen and oxygen atoms in total. The van der Waals surface area contributed by atoms with Gasteiger partial charge in [-0.1, -0.05) is 123 Å². The second-order valence-corrected chi connectivity index (χ2v) is 14.5. The molecule has 0 saturated carbocycles. The molecule has 7 aromatic carbocycles. The summed E-state index contributed by atoms with van der Waals surface area (Å²) in [5, 5.41) is 2.25. The third-order valence-corrected chi connectivity index (χ3v) is 10.7. The van der Waals surface area contributed by atoms with Gasteiger partial charge in [0.25, 0.3) is 0 Å². The normalized spacial score (nSPS) is 11.7. The van der Waals surface area contributed by atoms with E-state index in [4.69, 9.17) is 9.47 Å². The molecule has 0 N–H and O–H groups in total. The molecule has 0 radical (unpaired) electrons. The van der Waals surface area contributed by atoms with Crippen LogP contribution in [-0.4, -0.2) is 16.5 Å². The summed E-state index contributed by atoms with van der Waals surface area (Å²) in [4.78, 5) is 23.8. The average molecular weight is 782 g/mol. The summed E-state index contributed by atoms with van der Waals surface area (Å²) in [5.41, 5.74) is 14.2. The fourth-order valence-corrected chi connectivity index (χ4v) is 7.65. The molecule has 0 aliphatic carbocycles. The lowest BCUT2D eigenvalue weighted by Crippen LogP contribution is -2.02. The number of fused-ring (bicyclic) bond motifs is 3. The third-order valence-electron chi connectivity index (χ3n) is 10.7. The Labute approximate surface area is 350 Å². The zero-order chi connectivity index (χ0) is 41.6. The number of hydrogen-bond donors (Lipinski definition) is 0. The van der Waals surface area contributed by atoms with Crippen molar-refractivity contribution in [3.8, 4) is 17.2 Å². The second kappa shape index (κ2) is 17.4. The molecule has 0 fully saturated rings. The number of hydrogen-bond acceptors (Lipinski definition) is 4. The predicted molar refractivity (Wildman–Crippen MR) is 246 cm³/mol. The zero-order valence-corrected chi connectivity index (χ0v) is 33.6. The maximum absolute atomic E-state index is 11.9. The van der Waals surface area contributed by atoms with Crippen LogP contribution in [0.4, 0.5) is 0 Å². The van der Waals surface area contributed by atoms with Crippen LogP contribution in [0.2, 0.25) is 0 Å². The molecule has 0 bridgehead atoms. The van der Waals surface area contributed by atoms with E-state index in [0.29, 0.717) is 11.5 Å². The Kier molecular flexibility index (Phi) is 11.3. The SMILES string of the molecule is C=CC(=O)Oc1ccc(C(=Cc2ccc3c(c2)c2cc(C=C(c4ccccc4)c4ccc(OC(=O)C=C)cc4)ccc2n3-c2ccc(C)c(CC)c2)c2ccccc2)cc1. The van der Waals surface area contributed by atoms with Crippen LogP contribution >= 0.6 is 0 Å². The lowest BCUT2D eigenvalue weighted by Gasteiger charge is -2.12. The summed E-state index contributed by atoms with van der Waals surface area (Å²) in [6.07, 6.45) is 7.70. The van der Waals surface area contributed by atoms with Crippen molar-refractivity contribution in [1.82, 2.24) is 4.57 Å². The van der Waals surface area contributed by atoms with Gasteiger partial charge in [0.1, 0.15) is 11.5 Å². The van der Waals surface area contributed by atoms with Crippen LogP contribution in [0, 0.1) is 6.92 Å². The maximum atomic E-state index is 11.9. The second-order valence-electron chi connectivity index (χ2n) is 14.5. The minimum Gasteiger partial charge on any atom is -0.423 e. The number of aromatic nitrogens is 1. The molecule has 60 heavy (non-hydrogen) atoms. The van der Waals surface area contributed by atoms with Gasteiger partial charge in [-0.25, -0.2) is 9.59 Å². The Morgan fingerprint density at radius 1 is 0.533 bits per heavy atom. The molecule has 0 unspecified atom stereocenters. The highest BCUT2D eigenvalue weighted by Crippen LogP contribution is 2.37. The van der Waals surface area contributed by atoms with Crippen molar-refractivity contribution in [1.29, 1.82) is 0 Å². The number of esters is 2. The monoisotopic (exact) mass is 781 g/mol. The Morgan fingerprint density at radius 3 is 1.38 bits per heavy atom. The quantitative estimate of drug-likeness (QED) is 0.0536. The molecule has 1 heterocycles. The lowest BCUT2D eigenvalue weighted by molar-refractivity contribution is -0.129. The van der Waals surface area contributed by atoms with Crippen molar-refractivity contribution in [2.45, 2.75) is 20.3 Å². The fraction of sp³-hybridized carbons (Fsp3) is 0.0545. The van der Waals surface area contributed by atoms with Crippen molar-refractivity contribution < 1.29 is 19.1 Å². The van der Waals surface area contributed by atoms with Gasteiger partial charge in [-0.05, 0) is 142 Å². The van der Waals surface area contributed by atoms with Gasteiger partial charge in [0, 0.05) is 28.6 Å². The largest absolute Gasteiger partial charge is 0.423 e. The first-order chi connectivity index (χ1) is 29.3. The summed E-state index contributed by atoms with van der Waals surface area (Å²) in [6, 6.07) is 55.8. The molecule has 292 valence electrons. The summed E-state index contributed by atoms with van der Waals surface area (Å²) < 4.78 is 13.1. The Bertz CT molecular complexity index is 2780. The smallest absolute Gasteiger partial charge is 0.335 e. The third kappa shape index (κ3) is 8.29. The molecule has 0 saturated heterocycles. The van der Waals surface area contributed by atoms with E-state index in [0.717, 1.165) is 90.6 Å². The lowest BCUT2D eigenvalue weighted by atomic mass is 9.94. The van der Waals surface area contributed by atoms with Crippen LogP contribution < -0.4 is 9.47 Å². The average Bonchev–Trinajstić information content (AvgIpc) is 3.61. The Hall–Kier alpha value is -7.76. The van der Waals surface area contributed by atoms with Gasteiger partial charge in [0.05, 0.1) is 11.0 Å². The highest BCUT2D eigenvalue weighted by Gasteiger charge is 2.16. The van der Waals surface area contributed by atoms with Crippen LogP contribution in [0.3, 0.4) is 0 Å². The van der Waals surface area contributed by atoms with E-state index in [1.165, 1.54) is 11.1 Å². The van der Waals surface area contributed by atoms with Crippen molar-refractivity contribution >= 4 is 57.0 Å². The standard InChI is InChI=1S/C55H43NO4/c1-5-40-36-45(25-18-37(40)4)56-52-30-19-38(32-48(41-14-10-8-11-15-41)43-21-26-46(27-22-43)59-54(57)6-2)34-50(52)51-35-39(20-31-53(51)56)33-49(42-16-12-9-13-17-42)44-23-28-47(29-24-44)60-55(58)7-3/h6-36H,2-3,5H2,1,4H3. The number of nitrogens with zero attached hydrogens (tertiary/aromatic N) is 1. The van der Waals surface area contributed by atoms with Gasteiger partial charge >= 0.3 is 11.9 Å². The summed E-state index contributed by atoms with van der Waals surface area (Å²) >= 11 is 0. The minimum atomic E-state index is -0.497. The molecular formula is C55H43NO4. The first-order valence-corrected chi connectivity index (χ1v) is 19.9. The molecule has 0 aliphatic heterocycles. The number of ether oxygens (including phenoxy) is 2. The van der Waals surface area contributed by atoms with Crippen molar-refractivity contribution in [3.63, 3.8) is 0 Å². The van der Waals surface area contributed by atoms with Crippen molar-refractivity contribution in [2.24, 2.45) is 0 Å².